The molecule has 5 heterocycles. The molecule has 5 aromatic carbocycles. The first-order valence-electron chi connectivity index (χ1n) is 13.7. The fourth-order valence-electron chi connectivity index (χ4n) is 6.28. The summed E-state index contributed by atoms with van der Waals surface area (Å²) in [7, 11) is 0. The Morgan fingerprint density at radius 1 is 0.500 bits per heavy atom. The van der Waals surface area contributed by atoms with Crippen LogP contribution in [0.1, 0.15) is 0 Å². The van der Waals surface area contributed by atoms with Gasteiger partial charge in [-0.1, -0.05) is 72.8 Å². The molecule has 0 aliphatic heterocycles. The van der Waals surface area contributed by atoms with Crippen LogP contribution in [0.2, 0.25) is 0 Å². The third-order valence-electron chi connectivity index (χ3n) is 8.13. The van der Waals surface area contributed by atoms with Crippen molar-refractivity contribution >= 4 is 96.4 Å². The molecule has 0 amide bonds. The van der Waals surface area contributed by atoms with Crippen molar-refractivity contribution < 1.29 is 8.83 Å². The van der Waals surface area contributed by atoms with E-state index in [1.165, 1.54) is 14.1 Å². The second-order valence-corrected chi connectivity index (χ2v) is 12.6. The van der Waals surface area contributed by atoms with E-state index in [1.54, 1.807) is 22.7 Å². The molecule has 0 radical (unpaired) electrons. The molecule has 0 aliphatic rings. The summed E-state index contributed by atoms with van der Waals surface area (Å²) >= 11 is 3.49. The van der Waals surface area contributed by atoms with E-state index in [9.17, 15) is 0 Å². The standard InChI is InChI=1S/C36H18N2O2S2/c1-2-9-19(10-3-1)30-31(37-32-35-34(40-36(32)38-30)22-12-5-7-15-25(22)42-35)23-13-8-16-26-28(23)29-27(41-26)18-17-21-20-11-4-6-14-24(20)39-33(21)29/h1-18H. The maximum absolute atomic E-state index is 6.54. The number of hydrogen-bond acceptors (Lipinski definition) is 6. The maximum Gasteiger partial charge on any atom is 0.247 e. The van der Waals surface area contributed by atoms with E-state index < -0.39 is 0 Å². The van der Waals surface area contributed by atoms with Crippen LogP contribution in [0.25, 0.3) is 96.2 Å². The Hall–Kier alpha value is -5.04. The molecule has 10 aromatic rings. The second-order valence-electron chi connectivity index (χ2n) is 10.5. The van der Waals surface area contributed by atoms with Crippen molar-refractivity contribution in [2.45, 2.75) is 0 Å². The van der Waals surface area contributed by atoms with E-state index in [-0.39, 0.29) is 0 Å². The number of aromatic nitrogens is 2. The Bertz CT molecular complexity index is 2690. The normalized spacial score (nSPS) is 12.3. The van der Waals surface area contributed by atoms with Crippen LogP contribution in [-0.2, 0) is 0 Å². The molecule has 5 aromatic heterocycles. The van der Waals surface area contributed by atoms with Crippen molar-refractivity contribution in [2.24, 2.45) is 0 Å². The lowest BCUT2D eigenvalue weighted by Gasteiger charge is -2.10. The first kappa shape index (κ1) is 22.6. The summed E-state index contributed by atoms with van der Waals surface area (Å²) in [6.07, 6.45) is 0. The van der Waals surface area contributed by atoms with E-state index in [4.69, 9.17) is 18.8 Å². The van der Waals surface area contributed by atoms with Gasteiger partial charge in [0.2, 0.25) is 5.71 Å². The lowest BCUT2D eigenvalue weighted by molar-refractivity contribution is 0.657. The highest BCUT2D eigenvalue weighted by molar-refractivity contribution is 7.26. The Morgan fingerprint density at radius 2 is 1.29 bits per heavy atom. The zero-order chi connectivity index (χ0) is 27.4. The third kappa shape index (κ3) is 3.00. The molecule has 0 bridgehead atoms. The molecular weight excluding hydrogens is 557 g/mol. The van der Waals surface area contributed by atoms with Gasteiger partial charge in [-0.2, -0.15) is 0 Å². The number of para-hydroxylation sites is 1. The molecule has 0 saturated heterocycles. The van der Waals surface area contributed by atoms with Gasteiger partial charge in [0.05, 0.1) is 5.69 Å². The van der Waals surface area contributed by atoms with Gasteiger partial charge >= 0.3 is 0 Å². The molecule has 0 unspecified atom stereocenters. The van der Waals surface area contributed by atoms with E-state index in [2.05, 4.69) is 72.8 Å². The summed E-state index contributed by atoms with van der Waals surface area (Å²) in [5.74, 6) is 0. The summed E-state index contributed by atoms with van der Waals surface area (Å²) in [5, 5.41) is 5.61. The molecule has 0 spiro atoms. The minimum Gasteiger partial charge on any atom is -0.455 e. The van der Waals surface area contributed by atoms with Gasteiger partial charge < -0.3 is 8.83 Å². The molecule has 6 heteroatoms. The predicted octanol–water partition coefficient (Wildman–Crippen LogP) is 11.2. The number of thiophene rings is 2. The van der Waals surface area contributed by atoms with Crippen LogP contribution in [0.3, 0.4) is 0 Å². The Labute approximate surface area is 246 Å². The van der Waals surface area contributed by atoms with E-state index in [1.807, 2.05) is 36.4 Å². The first-order chi connectivity index (χ1) is 20.8. The summed E-state index contributed by atoms with van der Waals surface area (Å²) in [6.45, 7) is 0. The predicted molar refractivity (Wildman–Crippen MR) is 176 cm³/mol. The van der Waals surface area contributed by atoms with Gasteiger partial charge in [0.1, 0.15) is 27.1 Å². The highest BCUT2D eigenvalue weighted by Gasteiger charge is 2.24. The molecule has 0 aliphatic carbocycles. The zero-order valence-electron chi connectivity index (χ0n) is 21.9. The van der Waals surface area contributed by atoms with Crippen molar-refractivity contribution in [3.05, 3.63) is 109 Å². The highest BCUT2D eigenvalue weighted by atomic mass is 32.1. The summed E-state index contributed by atoms with van der Waals surface area (Å²) in [4.78, 5) is 10.6. The van der Waals surface area contributed by atoms with Crippen molar-refractivity contribution in [3.63, 3.8) is 0 Å². The Kier molecular flexibility index (Phi) is 4.45. The van der Waals surface area contributed by atoms with Crippen molar-refractivity contribution in [1.82, 2.24) is 9.97 Å². The average Bonchev–Trinajstić information content (AvgIpc) is 3.79. The van der Waals surface area contributed by atoms with E-state index >= 15 is 0 Å². The van der Waals surface area contributed by atoms with E-state index in [0.717, 1.165) is 76.4 Å². The van der Waals surface area contributed by atoms with Crippen molar-refractivity contribution in [1.29, 1.82) is 0 Å². The molecule has 0 saturated carbocycles. The largest absolute Gasteiger partial charge is 0.455 e. The fraction of sp³-hybridized carbons (Fsp3) is 0. The molecule has 4 nitrogen and oxygen atoms in total. The van der Waals surface area contributed by atoms with Gasteiger partial charge in [-0.25, -0.2) is 9.97 Å². The van der Waals surface area contributed by atoms with Crippen LogP contribution in [0.5, 0.6) is 0 Å². The highest BCUT2D eigenvalue weighted by Crippen LogP contribution is 2.47. The number of benzene rings is 5. The van der Waals surface area contributed by atoms with Crippen molar-refractivity contribution in [2.75, 3.05) is 0 Å². The number of nitrogens with zero attached hydrogens (tertiary/aromatic N) is 2. The van der Waals surface area contributed by atoms with Crippen LogP contribution in [0, 0.1) is 0 Å². The summed E-state index contributed by atoms with van der Waals surface area (Å²) < 4.78 is 17.6. The second kappa shape index (κ2) is 8.26. The quantitative estimate of drug-likeness (QED) is 0.206. The Morgan fingerprint density at radius 3 is 2.21 bits per heavy atom. The van der Waals surface area contributed by atoms with Gasteiger partial charge in [-0.05, 0) is 36.4 Å². The first-order valence-corrected chi connectivity index (χ1v) is 15.4. The van der Waals surface area contributed by atoms with Crippen molar-refractivity contribution in [3.8, 4) is 22.5 Å². The van der Waals surface area contributed by atoms with Gasteiger partial charge in [0.25, 0.3) is 0 Å². The monoisotopic (exact) mass is 574 g/mol. The average molecular weight is 575 g/mol. The smallest absolute Gasteiger partial charge is 0.247 e. The SMILES string of the molecule is c1ccc(-c2nc3oc4c5ccccc5sc4c3nc2-c2cccc3sc4ccc5c6ccccc6oc5c4c23)cc1. The minimum atomic E-state index is 0.562. The molecule has 10 rings (SSSR count). The zero-order valence-corrected chi connectivity index (χ0v) is 23.6. The van der Waals surface area contributed by atoms with Crippen LogP contribution in [0.15, 0.2) is 118 Å². The lowest BCUT2D eigenvalue weighted by atomic mass is 9.98. The summed E-state index contributed by atoms with van der Waals surface area (Å²) in [5.41, 5.74) is 7.70. The third-order valence-corrected chi connectivity index (χ3v) is 10.4. The van der Waals surface area contributed by atoms with Crippen LogP contribution >= 0.6 is 22.7 Å². The van der Waals surface area contributed by atoms with Crippen LogP contribution in [-0.4, -0.2) is 9.97 Å². The van der Waals surface area contributed by atoms with Gasteiger partial charge in [0, 0.05) is 52.2 Å². The van der Waals surface area contributed by atoms with Crippen LogP contribution < -0.4 is 0 Å². The van der Waals surface area contributed by atoms with Gasteiger partial charge in [0.15, 0.2) is 5.58 Å². The number of hydrogen-bond donors (Lipinski definition) is 0. The molecule has 42 heavy (non-hydrogen) atoms. The summed E-state index contributed by atoms with van der Waals surface area (Å²) in [6, 6.07) is 37.8. The van der Waals surface area contributed by atoms with E-state index in [0.29, 0.717) is 5.71 Å². The minimum absolute atomic E-state index is 0.562. The lowest BCUT2D eigenvalue weighted by Crippen LogP contribution is -1.94. The molecule has 0 fully saturated rings. The number of rotatable bonds is 2. The Balaban J connectivity index is 1.37. The topological polar surface area (TPSA) is 52.1 Å². The van der Waals surface area contributed by atoms with Crippen LogP contribution in [0.4, 0.5) is 0 Å². The molecule has 196 valence electrons. The maximum atomic E-state index is 6.54. The number of furan rings is 2. The number of fused-ring (bicyclic) bond motifs is 12. The molecule has 0 N–H and O–H groups in total. The van der Waals surface area contributed by atoms with Gasteiger partial charge in [-0.3, -0.25) is 0 Å². The fourth-order valence-corrected chi connectivity index (χ4v) is 8.52. The molecular formula is C36H18N2O2S2. The molecule has 0 atom stereocenters. The van der Waals surface area contributed by atoms with Gasteiger partial charge in [-0.15, -0.1) is 22.7 Å².